The number of carboxylic acid groups (broad SMARTS) is 1. The average molecular weight is 243 g/mol. The molecule has 2 rings (SSSR count). The number of carbonyl (C=O) groups excluding carboxylic acids is 1. The van der Waals surface area contributed by atoms with Gasteiger partial charge in [0.2, 0.25) is 5.91 Å². The van der Waals surface area contributed by atoms with Crippen LogP contribution in [0.3, 0.4) is 0 Å². The van der Waals surface area contributed by atoms with Crippen LogP contribution in [0.15, 0.2) is 36.4 Å². The highest BCUT2D eigenvalue weighted by Gasteiger charge is 2.14. The van der Waals surface area contributed by atoms with Gasteiger partial charge in [-0.2, -0.15) is 0 Å². The Morgan fingerprint density at radius 3 is 2.22 bits per heavy atom. The molecule has 0 aliphatic heterocycles. The Morgan fingerprint density at radius 1 is 1.06 bits per heavy atom. The second-order valence-corrected chi connectivity index (χ2v) is 4.06. The van der Waals surface area contributed by atoms with E-state index in [4.69, 9.17) is 5.11 Å². The van der Waals surface area contributed by atoms with Gasteiger partial charge in [-0.05, 0) is 17.5 Å². The highest BCUT2D eigenvalue weighted by atomic mass is 16.4. The van der Waals surface area contributed by atoms with Crippen molar-refractivity contribution in [1.29, 1.82) is 0 Å². The van der Waals surface area contributed by atoms with Gasteiger partial charge in [0, 0.05) is 19.4 Å². The lowest BCUT2D eigenvalue weighted by atomic mass is 10.0. The molecule has 0 saturated carbocycles. The number of hydrogen-bond acceptors (Lipinski definition) is 2. The summed E-state index contributed by atoms with van der Waals surface area (Å²) < 4.78 is 0. The standard InChI is InChI=1S/C14H13NO3/c1-9(16)15(2)13-8-7-12(14(17)18)10-5-3-4-6-11(10)13/h3-8H,1-2H3,(H,17,18). The Kier molecular flexibility index (Phi) is 3.02. The number of rotatable bonds is 2. The summed E-state index contributed by atoms with van der Waals surface area (Å²) in [4.78, 5) is 24.1. The van der Waals surface area contributed by atoms with Gasteiger partial charge in [0.05, 0.1) is 11.3 Å². The van der Waals surface area contributed by atoms with Gasteiger partial charge in [-0.25, -0.2) is 4.79 Å². The third-order valence-corrected chi connectivity index (χ3v) is 2.97. The zero-order chi connectivity index (χ0) is 13.3. The summed E-state index contributed by atoms with van der Waals surface area (Å²) in [6.45, 7) is 1.47. The maximum atomic E-state index is 11.4. The molecule has 2 aromatic rings. The molecule has 1 N–H and O–H groups in total. The third kappa shape index (κ3) is 1.93. The first-order valence-corrected chi connectivity index (χ1v) is 5.51. The number of carboxylic acids is 1. The minimum Gasteiger partial charge on any atom is -0.478 e. The highest BCUT2D eigenvalue weighted by molar-refractivity contribution is 6.10. The van der Waals surface area contributed by atoms with Gasteiger partial charge in [0.15, 0.2) is 0 Å². The molecule has 0 unspecified atom stereocenters. The number of anilines is 1. The maximum Gasteiger partial charge on any atom is 0.336 e. The number of carbonyl (C=O) groups is 2. The van der Waals surface area contributed by atoms with E-state index in [1.165, 1.54) is 17.9 Å². The van der Waals surface area contributed by atoms with Gasteiger partial charge < -0.3 is 10.0 Å². The topological polar surface area (TPSA) is 57.6 Å². The molecule has 0 aliphatic rings. The molecule has 4 heteroatoms. The van der Waals surface area contributed by atoms with Crippen molar-refractivity contribution in [1.82, 2.24) is 0 Å². The van der Waals surface area contributed by atoms with Crippen molar-refractivity contribution in [3.8, 4) is 0 Å². The second kappa shape index (κ2) is 4.49. The summed E-state index contributed by atoms with van der Waals surface area (Å²) in [5, 5.41) is 10.5. The predicted octanol–water partition coefficient (Wildman–Crippen LogP) is 2.52. The molecule has 0 radical (unpaired) electrons. The van der Waals surface area contributed by atoms with Gasteiger partial charge in [-0.1, -0.05) is 24.3 Å². The molecule has 2 aromatic carbocycles. The Hall–Kier alpha value is -2.36. The zero-order valence-corrected chi connectivity index (χ0v) is 10.2. The van der Waals surface area contributed by atoms with Crippen LogP contribution >= 0.6 is 0 Å². The van der Waals surface area contributed by atoms with Crippen LogP contribution in [0.4, 0.5) is 5.69 Å². The number of aromatic carboxylic acids is 1. The third-order valence-electron chi connectivity index (χ3n) is 2.97. The van der Waals surface area contributed by atoms with Gasteiger partial charge in [-0.3, -0.25) is 4.79 Å². The molecule has 0 atom stereocenters. The van der Waals surface area contributed by atoms with Crippen LogP contribution in [-0.2, 0) is 4.79 Å². The van der Waals surface area contributed by atoms with E-state index in [2.05, 4.69) is 0 Å². The van der Waals surface area contributed by atoms with Crippen molar-refractivity contribution in [2.45, 2.75) is 6.92 Å². The molecular formula is C14H13NO3. The van der Waals surface area contributed by atoms with Crippen LogP contribution in [0, 0.1) is 0 Å². The Labute approximate surface area is 104 Å². The van der Waals surface area contributed by atoms with Crippen LogP contribution in [0.2, 0.25) is 0 Å². The summed E-state index contributed by atoms with van der Waals surface area (Å²) >= 11 is 0. The minimum atomic E-state index is -0.969. The fraction of sp³-hybridized carbons (Fsp3) is 0.143. The molecule has 0 fully saturated rings. The molecule has 0 aliphatic carbocycles. The number of nitrogens with zero attached hydrogens (tertiary/aromatic N) is 1. The van der Waals surface area contributed by atoms with Gasteiger partial charge in [-0.15, -0.1) is 0 Å². The quantitative estimate of drug-likeness (QED) is 0.881. The van der Waals surface area contributed by atoms with E-state index in [0.717, 1.165) is 5.39 Å². The largest absolute Gasteiger partial charge is 0.478 e. The predicted molar refractivity (Wildman–Crippen MR) is 70.0 cm³/mol. The smallest absolute Gasteiger partial charge is 0.336 e. The minimum absolute atomic E-state index is 0.0942. The summed E-state index contributed by atoms with van der Waals surface area (Å²) in [6.07, 6.45) is 0. The van der Waals surface area contributed by atoms with E-state index < -0.39 is 5.97 Å². The number of amides is 1. The number of benzene rings is 2. The van der Waals surface area contributed by atoms with Crippen LogP contribution in [0.1, 0.15) is 17.3 Å². The SMILES string of the molecule is CC(=O)N(C)c1ccc(C(=O)O)c2ccccc12. The first-order chi connectivity index (χ1) is 8.52. The van der Waals surface area contributed by atoms with Crippen molar-refractivity contribution in [2.75, 3.05) is 11.9 Å². The van der Waals surface area contributed by atoms with Crippen LogP contribution in [0.25, 0.3) is 10.8 Å². The monoisotopic (exact) mass is 243 g/mol. The van der Waals surface area contributed by atoms with Crippen LogP contribution in [-0.4, -0.2) is 24.0 Å². The van der Waals surface area contributed by atoms with Crippen LogP contribution < -0.4 is 4.90 Å². The molecule has 0 saturated heterocycles. The molecule has 92 valence electrons. The fourth-order valence-electron chi connectivity index (χ4n) is 1.93. The first kappa shape index (κ1) is 12.1. The van der Waals surface area contributed by atoms with E-state index in [1.54, 1.807) is 25.2 Å². The van der Waals surface area contributed by atoms with Crippen LogP contribution in [0.5, 0.6) is 0 Å². The highest BCUT2D eigenvalue weighted by Crippen LogP contribution is 2.29. The summed E-state index contributed by atoms with van der Waals surface area (Å²) in [5.74, 6) is -1.06. The van der Waals surface area contributed by atoms with E-state index in [-0.39, 0.29) is 11.5 Å². The normalized spacial score (nSPS) is 10.3. The lowest BCUT2D eigenvalue weighted by Gasteiger charge is -2.18. The lowest BCUT2D eigenvalue weighted by Crippen LogP contribution is -2.23. The van der Waals surface area contributed by atoms with Crippen molar-refractivity contribution >= 4 is 28.3 Å². The average Bonchev–Trinajstić information content (AvgIpc) is 2.36. The van der Waals surface area contributed by atoms with Crippen molar-refractivity contribution in [3.63, 3.8) is 0 Å². The molecule has 18 heavy (non-hydrogen) atoms. The summed E-state index contributed by atoms with van der Waals surface area (Å²) in [6, 6.07) is 10.4. The molecule has 0 heterocycles. The van der Waals surface area contributed by atoms with Crippen molar-refractivity contribution in [3.05, 3.63) is 42.0 Å². The Balaban J connectivity index is 2.76. The number of fused-ring (bicyclic) bond motifs is 1. The Morgan fingerprint density at radius 2 is 1.67 bits per heavy atom. The van der Waals surface area contributed by atoms with E-state index in [9.17, 15) is 9.59 Å². The second-order valence-electron chi connectivity index (χ2n) is 4.06. The summed E-state index contributed by atoms with van der Waals surface area (Å²) in [5.41, 5.74) is 0.953. The zero-order valence-electron chi connectivity index (χ0n) is 10.2. The van der Waals surface area contributed by atoms with Gasteiger partial charge >= 0.3 is 5.97 Å². The lowest BCUT2D eigenvalue weighted by molar-refractivity contribution is -0.116. The molecule has 1 amide bonds. The van der Waals surface area contributed by atoms with Gasteiger partial charge in [0.1, 0.15) is 0 Å². The Bertz CT molecular complexity index is 634. The fourth-order valence-corrected chi connectivity index (χ4v) is 1.93. The van der Waals surface area contributed by atoms with Crippen molar-refractivity contribution in [2.24, 2.45) is 0 Å². The molecule has 0 spiro atoms. The first-order valence-electron chi connectivity index (χ1n) is 5.51. The van der Waals surface area contributed by atoms with E-state index >= 15 is 0 Å². The molecule has 0 bridgehead atoms. The molecule has 4 nitrogen and oxygen atoms in total. The molecular weight excluding hydrogens is 230 g/mol. The number of hydrogen-bond donors (Lipinski definition) is 1. The van der Waals surface area contributed by atoms with Crippen molar-refractivity contribution < 1.29 is 14.7 Å². The molecule has 0 aromatic heterocycles. The van der Waals surface area contributed by atoms with E-state index in [0.29, 0.717) is 11.1 Å². The van der Waals surface area contributed by atoms with Gasteiger partial charge in [0.25, 0.3) is 0 Å². The summed E-state index contributed by atoms with van der Waals surface area (Å²) in [7, 11) is 1.67. The maximum absolute atomic E-state index is 11.4. The van der Waals surface area contributed by atoms with E-state index in [1.807, 2.05) is 12.1 Å².